The van der Waals surface area contributed by atoms with Crippen LogP contribution in [-0.4, -0.2) is 6.61 Å². The Morgan fingerprint density at radius 1 is 1.19 bits per heavy atom. The van der Waals surface area contributed by atoms with Gasteiger partial charge in [0.25, 0.3) is 0 Å². The van der Waals surface area contributed by atoms with E-state index in [4.69, 9.17) is 4.74 Å². The van der Waals surface area contributed by atoms with E-state index in [-0.39, 0.29) is 5.60 Å². The maximum absolute atomic E-state index is 5.44. The molecule has 0 saturated carbocycles. The molecule has 2 heterocycles. The van der Waals surface area contributed by atoms with Gasteiger partial charge in [-0.05, 0) is 42.0 Å². The second kappa shape index (κ2) is 3.44. The van der Waals surface area contributed by atoms with Crippen molar-refractivity contribution in [1.82, 2.24) is 0 Å². The van der Waals surface area contributed by atoms with Crippen LogP contribution < -0.4 is 0 Å². The molecule has 0 amide bonds. The van der Waals surface area contributed by atoms with Crippen LogP contribution in [-0.2, 0) is 10.3 Å². The minimum absolute atomic E-state index is 0.0109. The second-order valence-electron chi connectivity index (χ2n) is 4.53. The van der Waals surface area contributed by atoms with Crippen LogP contribution in [0.2, 0.25) is 0 Å². The van der Waals surface area contributed by atoms with Gasteiger partial charge in [0.05, 0.1) is 6.61 Å². The van der Waals surface area contributed by atoms with E-state index >= 15 is 0 Å². The molecule has 3 rings (SSSR count). The lowest BCUT2D eigenvalue weighted by Crippen LogP contribution is -2.00. The van der Waals surface area contributed by atoms with Gasteiger partial charge in [0.2, 0.25) is 0 Å². The SMILES string of the molecule is Cc1ccsc1-c1ccc(C2(C)CO2)cc1. The highest BCUT2D eigenvalue weighted by Crippen LogP contribution is 2.39. The lowest BCUT2D eigenvalue weighted by Gasteiger charge is -2.06. The maximum Gasteiger partial charge on any atom is 0.114 e. The van der Waals surface area contributed by atoms with Crippen molar-refractivity contribution in [1.29, 1.82) is 0 Å². The highest BCUT2D eigenvalue weighted by atomic mass is 32.1. The fourth-order valence-electron chi connectivity index (χ4n) is 1.92. The van der Waals surface area contributed by atoms with Crippen molar-refractivity contribution in [2.45, 2.75) is 19.4 Å². The van der Waals surface area contributed by atoms with Gasteiger partial charge in [0.1, 0.15) is 5.60 Å². The van der Waals surface area contributed by atoms with Crippen molar-refractivity contribution in [3.8, 4) is 10.4 Å². The molecule has 0 spiro atoms. The Labute approximate surface area is 99.7 Å². The number of benzene rings is 1. The minimum atomic E-state index is -0.0109. The Hall–Kier alpha value is -1.12. The lowest BCUT2D eigenvalue weighted by molar-refractivity contribution is 0.329. The van der Waals surface area contributed by atoms with Crippen LogP contribution in [0.3, 0.4) is 0 Å². The summed E-state index contributed by atoms with van der Waals surface area (Å²) >= 11 is 1.80. The largest absolute Gasteiger partial charge is 0.365 e. The van der Waals surface area contributed by atoms with E-state index in [1.165, 1.54) is 21.6 Å². The normalized spacial score (nSPS) is 23.4. The van der Waals surface area contributed by atoms with Crippen LogP contribution in [0.5, 0.6) is 0 Å². The zero-order valence-electron chi connectivity index (χ0n) is 9.49. The Kier molecular flexibility index (Phi) is 2.16. The van der Waals surface area contributed by atoms with E-state index in [1.54, 1.807) is 11.3 Å². The number of epoxide rings is 1. The van der Waals surface area contributed by atoms with Crippen LogP contribution in [0, 0.1) is 6.92 Å². The summed E-state index contributed by atoms with van der Waals surface area (Å²) in [7, 11) is 0. The first-order valence-corrected chi connectivity index (χ1v) is 6.36. The quantitative estimate of drug-likeness (QED) is 0.711. The number of hydrogen-bond donors (Lipinski definition) is 0. The smallest absolute Gasteiger partial charge is 0.114 e. The summed E-state index contributed by atoms with van der Waals surface area (Å²) in [4.78, 5) is 1.37. The molecule has 16 heavy (non-hydrogen) atoms. The van der Waals surface area contributed by atoms with Crippen LogP contribution in [0.15, 0.2) is 35.7 Å². The van der Waals surface area contributed by atoms with E-state index in [0.29, 0.717) is 0 Å². The number of hydrogen-bond acceptors (Lipinski definition) is 2. The van der Waals surface area contributed by atoms with Gasteiger partial charge >= 0.3 is 0 Å². The number of thiophene rings is 1. The lowest BCUT2D eigenvalue weighted by atomic mass is 10.00. The Bertz CT molecular complexity index is 506. The fourth-order valence-corrected chi connectivity index (χ4v) is 2.85. The second-order valence-corrected chi connectivity index (χ2v) is 5.45. The highest BCUT2D eigenvalue weighted by molar-refractivity contribution is 7.13. The fraction of sp³-hybridized carbons (Fsp3) is 0.286. The molecule has 0 radical (unpaired) electrons. The predicted molar refractivity (Wildman–Crippen MR) is 67.8 cm³/mol. The molecule has 1 fully saturated rings. The molecule has 0 bridgehead atoms. The highest BCUT2D eigenvalue weighted by Gasteiger charge is 2.40. The van der Waals surface area contributed by atoms with E-state index in [1.807, 2.05) is 0 Å². The van der Waals surface area contributed by atoms with E-state index in [9.17, 15) is 0 Å². The van der Waals surface area contributed by atoms with Crippen molar-refractivity contribution in [2.75, 3.05) is 6.61 Å². The van der Waals surface area contributed by atoms with Crippen molar-refractivity contribution in [3.63, 3.8) is 0 Å². The molecule has 1 nitrogen and oxygen atoms in total. The number of ether oxygens (including phenoxy) is 1. The van der Waals surface area contributed by atoms with Crippen molar-refractivity contribution >= 4 is 11.3 Å². The van der Waals surface area contributed by atoms with Crippen LogP contribution >= 0.6 is 11.3 Å². The zero-order valence-corrected chi connectivity index (χ0v) is 10.3. The maximum atomic E-state index is 5.44. The van der Waals surface area contributed by atoms with Gasteiger partial charge in [0.15, 0.2) is 0 Å². The molecule has 2 heteroatoms. The average molecular weight is 230 g/mol. The van der Waals surface area contributed by atoms with Crippen LogP contribution in [0.25, 0.3) is 10.4 Å². The molecular weight excluding hydrogens is 216 g/mol. The van der Waals surface area contributed by atoms with E-state index in [0.717, 1.165) is 6.61 Å². The molecule has 82 valence electrons. The molecule has 1 atom stereocenters. The summed E-state index contributed by atoms with van der Waals surface area (Å²) in [6, 6.07) is 10.9. The van der Waals surface area contributed by atoms with Gasteiger partial charge in [-0.2, -0.15) is 0 Å². The van der Waals surface area contributed by atoms with Crippen molar-refractivity contribution in [3.05, 3.63) is 46.8 Å². The van der Waals surface area contributed by atoms with Gasteiger partial charge in [-0.3, -0.25) is 0 Å². The first-order chi connectivity index (χ1) is 7.69. The third-order valence-electron chi connectivity index (χ3n) is 3.20. The van der Waals surface area contributed by atoms with Gasteiger partial charge < -0.3 is 4.74 Å². The van der Waals surface area contributed by atoms with Gasteiger partial charge in [0, 0.05) is 4.88 Å². The summed E-state index contributed by atoms with van der Waals surface area (Å²) in [6.07, 6.45) is 0. The third kappa shape index (κ3) is 1.58. The molecule has 2 aromatic rings. The Morgan fingerprint density at radius 3 is 2.38 bits per heavy atom. The standard InChI is InChI=1S/C14H14OS/c1-10-7-8-16-13(10)11-3-5-12(6-4-11)14(2)9-15-14/h3-8H,9H2,1-2H3. The summed E-state index contributed by atoms with van der Waals surface area (Å²) < 4.78 is 5.44. The predicted octanol–water partition coefficient (Wildman–Crippen LogP) is 3.97. The first kappa shape index (κ1) is 10.1. The van der Waals surface area contributed by atoms with E-state index in [2.05, 4.69) is 49.6 Å². The summed E-state index contributed by atoms with van der Waals surface area (Å²) in [6.45, 7) is 5.15. The molecule has 0 N–H and O–H groups in total. The first-order valence-electron chi connectivity index (χ1n) is 5.48. The Morgan fingerprint density at radius 2 is 1.88 bits per heavy atom. The summed E-state index contributed by atoms with van der Waals surface area (Å²) in [5, 5.41) is 2.14. The van der Waals surface area contributed by atoms with Gasteiger partial charge in [-0.25, -0.2) is 0 Å². The summed E-state index contributed by atoms with van der Waals surface area (Å²) in [5.41, 5.74) is 3.93. The summed E-state index contributed by atoms with van der Waals surface area (Å²) in [5.74, 6) is 0. The molecule has 0 aliphatic carbocycles. The molecular formula is C14H14OS. The number of rotatable bonds is 2. The molecule has 1 aliphatic rings. The topological polar surface area (TPSA) is 12.5 Å². The number of aryl methyl sites for hydroxylation is 1. The molecule has 1 aromatic heterocycles. The van der Waals surface area contributed by atoms with Crippen molar-refractivity contribution < 1.29 is 4.74 Å². The molecule has 1 aromatic carbocycles. The average Bonchev–Trinajstić information content (AvgIpc) is 2.90. The van der Waals surface area contributed by atoms with Crippen molar-refractivity contribution in [2.24, 2.45) is 0 Å². The van der Waals surface area contributed by atoms with Gasteiger partial charge in [-0.1, -0.05) is 24.3 Å². The van der Waals surface area contributed by atoms with E-state index < -0.39 is 0 Å². The molecule has 1 aliphatic heterocycles. The third-order valence-corrected chi connectivity index (χ3v) is 4.26. The monoisotopic (exact) mass is 230 g/mol. The van der Waals surface area contributed by atoms with Crippen LogP contribution in [0.1, 0.15) is 18.1 Å². The van der Waals surface area contributed by atoms with Gasteiger partial charge in [-0.15, -0.1) is 11.3 Å². The van der Waals surface area contributed by atoms with Crippen LogP contribution in [0.4, 0.5) is 0 Å². The minimum Gasteiger partial charge on any atom is -0.365 e. The molecule has 1 saturated heterocycles. The Balaban J connectivity index is 1.96. The molecule has 1 unspecified atom stereocenters. The zero-order chi connectivity index (χ0) is 11.2.